The monoisotopic (exact) mass is 298 g/mol. The second-order valence-corrected chi connectivity index (χ2v) is 5.21. The van der Waals surface area contributed by atoms with Gasteiger partial charge in [-0.3, -0.25) is 0 Å². The highest BCUT2D eigenvalue weighted by Gasteiger charge is 1.99. The third-order valence-electron chi connectivity index (χ3n) is 3.30. The lowest BCUT2D eigenvalue weighted by atomic mass is 10.1. The van der Waals surface area contributed by atoms with Crippen molar-refractivity contribution in [3.05, 3.63) is 12.2 Å². The molecule has 122 valence electrons. The summed E-state index contributed by atoms with van der Waals surface area (Å²) in [6, 6.07) is 0. The maximum atomic E-state index is 11.2. The van der Waals surface area contributed by atoms with Crippen LogP contribution in [0.5, 0.6) is 0 Å². The van der Waals surface area contributed by atoms with E-state index in [4.69, 9.17) is 4.74 Å². The summed E-state index contributed by atoms with van der Waals surface area (Å²) in [4.78, 5) is 22.0. The van der Waals surface area contributed by atoms with E-state index in [1.807, 2.05) is 0 Å². The molecule has 0 aromatic heterocycles. The molecule has 0 radical (unpaired) electrons. The van der Waals surface area contributed by atoms with Crippen molar-refractivity contribution in [3.63, 3.8) is 0 Å². The first-order valence-corrected chi connectivity index (χ1v) is 8.13. The van der Waals surface area contributed by atoms with Crippen molar-refractivity contribution in [1.82, 2.24) is 0 Å². The third-order valence-corrected chi connectivity index (χ3v) is 3.30. The van der Waals surface area contributed by atoms with E-state index in [0.29, 0.717) is 6.61 Å². The topological polar surface area (TPSA) is 52.6 Å². The number of carbonyl (C=O) groups excluding carboxylic acids is 2. The molecule has 0 saturated carbocycles. The Morgan fingerprint density at radius 1 is 0.762 bits per heavy atom. The van der Waals surface area contributed by atoms with Crippen LogP contribution in [0.3, 0.4) is 0 Å². The predicted octanol–water partition coefficient (Wildman–Crippen LogP) is 4.18. The number of hydrogen-bond donors (Lipinski definition) is 0. The van der Waals surface area contributed by atoms with Crippen molar-refractivity contribution < 1.29 is 19.1 Å². The highest BCUT2D eigenvalue weighted by molar-refractivity contribution is 5.91. The quantitative estimate of drug-likeness (QED) is 0.291. The van der Waals surface area contributed by atoms with Crippen molar-refractivity contribution in [2.24, 2.45) is 0 Å². The van der Waals surface area contributed by atoms with Crippen molar-refractivity contribution in [2.75, 3.05) is 13.7 Å². The number of hydrogen-bond acceptors (Lipinski definition) is 4. The molecule has 0 unspecified atom stereocenters. The first-order valence-electron chi connectivity index (χ1n) is 8.13. The summed E-state index contributed by atoms with van der Waals surface area (Å²) < 4.78 is 9.35. The van der Waals surface area contributed by atoms with E-state index in [9.17, 15) is 9.59 Å². The van der Waals surface area contributed by atoms with Crippen LogP contribution in [-0.2, 0) is 19.1 Å². The van der Waals surface area contributed by atoms with Gasteiger partial charge in [0, 0.05) is 12.2 Å². The fourth-order valence-electron chi connectivity index (χ4n) is 2.01. The van der Waals surface area contributed by atoms with E-state index in [1.165, 1.54) is 58.5 Å². The molecule has 21 heavy (non-hydrogen) atoms. The fraction of sp³-hybridized carbons (Fsp3) is 0.765. The molecule has 0 aliphatic carbocycles. The number of unbranched alkanes of at least 4 members (excludes halogenated alkanes) is 9. The highest BCUT2D eigenvalue weighted by atomic mass is 16.5. The lowest BCUT2D eigenvalue weighted by Gasteiger charge is -2.03. The molecule has 0 aromatic carbocycles. The molecule has 4 nitrogen and oxygen atoms in total. The molecular formula is C17H30O4. The van der Waals surface area contributed by atoms with Gasteiger partial charge in [0.25, 0.3) is 0 Å². The molecule has 0 bridgehead atoms. The number of carbonyl (C=O) groups is 2. The highest BCUT2D eigenvalue weighted by Crippen LogP contribution is 2.10. The maximum absolute atomic E-state index is 11.2. The third kappa shape index (κ3) is 14.9. The fourth-order valence-corrected chi connectivity index (χ4v) is 2.01. The molecular weight excluding hydrogens is 268 g/mol. The van der Waals surface area contributed by atoms with Crippen LogP contribution in [0.25, 0.3) is 0 Å². The van der Waals surface area contributed by atoms with Crippen LogP contribution in [0, 0.1) is 0 Å². The molecule has 0 saturated heterocycles. The van der Waals surface area contributed by atoms with E-state index >= 15 is 0 Å². The largest absolute Gasteiger partial charge is 0.466 e. The molecule has 0 aliphatic heterocycles. The van der Waals surface area contributed by atoms with Crippen LogP contribution in [0.1, 0.15) is 71.1 Å². The Labute approximate surface area is 128 Å². The van der Waals surface area contributed by atoms with Crippen molar-refractivity contribution in [2.45, 2.75) is 71.1 Å². The van der Waals surface area contributed by atoms with Gasteiger partial charge in [0.05, 0.1) is 13.7 Å². The Bertz CT molecular complexity index is 297. The summed E-state index contributed by atoms with van der Waals surface area (Å²) in [5, 5.41) is 0. The van der Waals surface area contributed by atoms with Gasteiger partial charge in [-0.1, -0.05) is 64.7 Å². The van der Waals surface area contributed by atoms with Gasteiger partial charge < -0.3 is 9.47 Å². The number of ether oxygens (including phenoxy) is 2. The molecule has 0 aromatic rings. The SMILES string of the molecule is CCCCCCCCCCCCOC(=O)/C=C/C(=O)OC. The van der Waals surface area contributed by atoms with Gasteiger partial charge in [0.2, 0.25) is 0 Å². The molecule has 0 spiro atoms. The molecule has 0 rings (SSSR count). The summed E-state index contributed by atoms with van der Waals surface area (Å²) in [6.45, 7) is 2.65. The van der Waals surface area contributed by atoms with Crippen molar-refractivity contribution in [3.8, 4) is 0 Å². The molecule has 4 heteroatoms. The van der Waals surface area contributed by atoms with Gasteiger partial charge in [-0.25, -0.2) is 9.59 Å². The molecule has 0 aliphatic rings. The lowest BCUT2D eigenvalue weighted by Crippen LogP contribution is -2.04. The Balaban J connectivity index is 3.27. The summed E-state index contributed by atoms with van der Waals surface area (Å²) in [5.74, 6) is -1.04. The first-order chi connectivity index (χ1) is 10.2. The average molecular weight is 298 g/mol. The molecule has 0 heterocycles. The zero-order valence-corrected chi connectivity index (χ0v) is 13.6. The molecule has 0 N–H and O–H groups in total. The normalized spacial score (nSPS) is 10.8. The number of esters is 2. The van der Waals surface area contributed by atoms with E-state index in [2.05, 4.69) is 11.7 Å². The lowest BCUT2D eigenvalue weighted by molar-refractivity contribution is -0.139. The second-order valence-electron chi connectivity index (χ2n) is 5.21. The van der Waals surface area contributed by atoms with Crippen molar-refractivity contribution >= 4 is 11.9 Å². The smallest absolute Gasteiger partial charge is 0.331 e. The predicted molar refractivity (Wildman–Crippen MR) is 84.0 cm³/mol. The Hall–Kier alpha value is -1.32. The van der Waals surface area contributed by atoms with Crippen LogP contribution in [-0.4, -0.2) is 25.7 Å². The van der Waals surface area contributed by atoms with Gasteiger partial charge in [-0.05, 0) is 6.42 Å². The summed E-state index contributed by atoms with van der Waals surface area (Å²) in [7, 11) is 1.27. The molecule has 0 fully saturated rings. The minimum atomic E-state index is -0.550. The van der Waals surface area contributed by atoms with E-state index in [0.717, 1.165) is 25.0 Å². The number of rotatable bonds is 13. The average Bonchev–Trinajstić information content (AvgIpc) is 2.50. The zero-order chi connectivity index (χ0) is 15.8. The van der Waals surface area contributed by atoms with E-state index < -0.39 is 11.9 Å². The van der Waals surface area contributed by atoms with Gasteiger partial charge in [0.15, 0.2) is 0 Å². The Morgan fingerprint density at radius 2 is 1.24 bits per heavy atom. The van der Waals surface area contributed by atoms with Crippen molar-refractivity contribution in [1.29, 1.82) is 0 Å². The minimum Gasteiger partial charge on any atom is -0.466 e. The minimum absolute atomic E-state index is 0.418. The van der Waals surface area contributed by atoms with Gasteiger partial charge >= 0.3 is 11.9 Å². The van der Waals surface area contributed by atoms with Gasteiger partial charge in [0.1, 0.15) is 0 Å². The van der Waals surface area contributed by atoms with Crippen LogP contribution < -0.4 is 0 Å². The summed E-state index contributed by atoms with van der Waals surface area (Å²) in [5.41, 5.74) is 0. The number of methoxy groups -OCH3 is 1. The Morgan fingerprint density at radius 3 is 1.76 bits per heavy atom. The second kappa shape index (κ2) is 15.1. The first kappa shape index (κ1) is 19.7. The van der Waals surface area contributed by atoms with Crippen LogP contribution in [0.15, 0.2) is 12.2 Å². The van der Waals surface area contributed by atoms with Crippen LogP contribution >= 0.6 is 0 Å². The molecule has 0 amide bonds. The zero-order valence-electron chi connectivity index (χ0n) is 13.6. The van der Waals surface area contributed by atoms with Gasteiger partial charge in [-0.2, -0.15) is 0 Å². The van der Waals surface area contributed by atoms with Crippen LogP contribution in [0.4, 0.5) is 0 Å². The van der Waals surface area contributed by atoms with Crippen LogP contribution in [0.2, 0.25) is 0 Å². The molecule has 0 atom stereocenters. The maximum Gasteiger partial charge on any atom is 0.331 e. The summed E-state index contributed by atoms with van der Waals surface area (Å²) in [6.07, 6.45) is 14.6. The summed E-state index contributed by atoms with van der Waals surface area (Å²) >= 11 is 0. The van der Waals surface area contributed by atoms with Gasteiger partial charge in [-0.15, -0.1) is 0 Å². The van der Waals surface area contributed by atoms with E-state index in [-0.39, 0.29) is 0 Å². The van der Waals surface area contributed by atoms with E-state index in [1.54, 1.807) is 0 Å². The Kier molecular flexibility index (Phi) is 14.1. The standard InChI is InChI=1S/C17H30O4/c1-3-4-5-6-7-8-9-10-11-12-15-21-17(19)14-13-16(18)20-2/h13-14H,3-12,15H2,1-2H3/b14-13+.